The number of hydrogen-bond donors (Lipinski definition) is 0. The average Bonchev–Trinajstić information content (AvgIpc) is 3.63. The van der Waals surface area contributed by atoms with Crippen molar-refractivity contribution in [3.8, 4) is 11.1 Å². The first-order valence-corrected chi connectivity index (χ1v) is 17.0. The van der Waals surface area contributed by atoms with Crippen LogP contribution in [0.15, 0.2) is 97.1 Å². The smallest absolute Gasteiger partial charge is 0.172 e. The minimum Gasteiger partial charge on any atom is -1.00 e. The Morgan fingerprint density at radius 1 is 0.652 bits per heavy atom. The van der Waals surface area contributed by atoms with Crippen LogP contribution < -0.4 is 24.8 Å². The van der Waals surface area contributed by atoms with Gasteiger partial charge in [-0.2, -0.15) is 35.9 Å². The standard InChI is InChI=1S/C23H29.C15H14.C5H5.2ClH.Zr/c1-14-9-16-11-17-10-15(2)21(23(6,7)8)13-19(17)18(16)12-20(14)22(3,4)5;1-12-3-7-14(8-4-12)11-15-9-5-13(2)6-10-15;1-2-4-5-3-1;;;/h9,12-13H,11H2,1-8H3;3-10H,1-2H3;1-5H;2*1H;/q-1;;-1;;;+2/p-2. The number of hydrogen-bond acceptors (Lipinski definition) is 0. The molecule has 0 aliphatic heterocycles. The van der Waals surface area contributed by atoms with Crippen LogP contribution in [-0.2, 0) is 41.5 Å². The molecule has 0 saturated heterocycles. The second kappa shape index (κ2) is 16.6. The summed E-state index contributed by atoms with van der Waals surface area (Å²) in [6.07, 6.45) is 1.03. The van der Waals surface area contributed by atoms with Gasteiger partial charge in [0, 0.05) is 0 Å². The van der Waals surface area contributed by atoms with Gasteiger partial charge in [-0.3, -0.25) is 0 Å². The Balaban J connectivity index is 0.000000278. The summed E-state index contributed by atoms with van der Waals surface area (Å²) in [4.78, 5) is 0. The maximum absolute atomic E-state index is 3.69. The minimum absolute atomic E-state index is 0. The van der Waals surface area contributed by atoms with Gasteiger partial charge in [-0.15, -0.1) is 16.7 Å². The van der Waals surface area contributed by atoms with Gasteiger partial charge in [-0.25, -0.2) is 12.1 Å². The van der Waals surface area contributed by atoms with Gasteiger partial charge in [0.1, 0.15) is 0 Å². The number of halogens is 2. The van der Waals surface area contributed by atoms with Gasteiger partial charge in [-0.05, 0) is 35.4 Å². The zero-order chi connectivity index (χ0) is 32.2. The Kier molecular flexibility index (Phi) is 14.3. The van der Waals surface area contributed by atoms with E-state index in [2.05, 4.69) is 142 Å². The summed E-state index contributed by atoms with van der Waals surface area (Å²) < 4.78 is 1.42. The summed E-state index contributed by atoms with van der Waals surface area (Å²) in [5.41, 5.74) is 16.9. The molecule has 1 aliphatic rings. The molecule has 0 spiro atoms. The van der Waals surface area contributed by atoms with E-state index in [9.17, 15) is 0 Å². The molecule has 46 heavy (non-hydrogen) atoms. The molecule has 0 nitrogen and oxygen atoms in total. The minimum atomic E-state index is 0. The fourth-order valence-corrected chi connectivity index (χ4v) is 6.77. The molecule has 6 rings (SSSR count). The molecule has 0 heterocycles. The van der Waals surface area contributed by atoms with Gasteiger partial charge in [0.2, 0.25) is 0 Å². The van der Waals surface area contributed by atoms with E-state index < -0.39 is 0 Å². The predicted molar refractivity (Wildman–Crippen MR) is 188 cm³/mol. The Hall–Kier alpha value is -2.44. The third kappa shape index (κ3) is 10.0. The Morgan fingerprint density at radius 3 is 1.52 bits per heavy atom. The van der Waals surface area contributed by atoms with Crippen LogP contribution in [0.5, 0.6) is 0 Å². The maximum Gasteiger partial charge on any atom is -0.172 e. The van der Waals surface area contributed by atoms with Crippen LogP contribution in [-0.4, -0.2) is 3.21 Å². The van der Waals surface area contributed by atoms with Crippen molar-refractivity contribution in [2.45, 2.75) is 86.5 Å². The molecule has 3 heteroatoms. The Morgan fingerprint density at radius 2 is 1.11 bits per heavy atom. The van der Waals surface area contributed by atoms with E-state index in [-0.39, 0.29) is 35.6 Å². The quantitative estimate of drug-likeness (QED) is 0.218. The van der Waals surface area contributed by atoms with Gasteiger partial charge < -0.3 is 24.8 Å². The molecule has 0 radical (unpaired) electrons. The SMILES string of the molecule is Cc1[c-]c2c(cc1C(C)(C)C)-c1cc(C(C)(C)C)c(C)cc1C2.Cc1ccc([C](=[Zr+2])c2ccc(C)cc2)cc1.[Cl-].[Cl-].c1cc[cH-]c1. The molecule has 0 aromatic heterocycles. The summed E-state index contributed by atoms with van der Waals surface area (Å²) in [6.45, 7) is 22.5. The predicted octanol–water partition coefficient (Wildman–Crippen LogP) is 5.10. The Labute approximate surface area is 306 Å². The molecule has 0 unspecified atom stereocenters. The first-order valence-electron chi connectivity index (χ1n) is 15.7. The van der Waals surface area contributed by atoms with E-state index in [1.807, 2.05) is 30.3 Å². The number of benzene rings is 4. The van der Waals surface area contributed by atoms with Gasteiger partial charge in [-0.1, -0.05) is 71.6 Å². The number of fused-ring (bicyclic) bond motifs is 3. The van der Waals surface area contributed by atoms with E-state index in [0.717, 1.165) is 6.42 Å². The van der Waals surface area contributed by atoms with E-state index in [1.54, 1.807) is 0 Å². The topological polar surface area (TPSA) is 0 Å². The summed E-state index contributed by atoms with van der Waals surface area (Å²) in [6, 6.07) is 38.5. The zero-order valence-corrected chi connectivity index (χ0v) is 33.2. The van der Waals surface area contributed by atoms with Gasteiger partial charge in [0.05, 0.1) is 0 Å². The average molecular weight is 727 g/mol. The molecule has 0 N–H and O–H groups in total. The largest absolute Gasteiger partial charge is 1.00 e. The van der Waals surface area contributed by atoms with Crippen LogP contribution in [0.4, 0.5) is 0 Å². The summed E-state index contributed by atoms with van der Waals surface area (Å²) in [7, 11) is 0. The molecule has 240 valence electrons. The molecule has 5 aromatic rings. The first kappa shape index (κ1) is 39.7. The summed E-state index contributed by atoms with van der Waals surface area (Å²) in [5, 5.41) is 0. The third-order valence-corrected chi connectivity index (χ3v) is 9.74. The molecule has 5 aromatic carbocycles. The molecule has 0 atom stereocenters. The van der Waals surface area contributed by atoms with Crippen molar-refractivity contribution in [2.24, 2.45) is 0 Å². The summed E-state index contributed by atoms with van der Waals surface area (Å²) in [5.74, 6) is 0. The van der Waals surface area contributed by atoms with E-state index in [1.165, 1.54) is 94.2 Å². The van der Waals surface area contributed by atoms with Crippen LogP contribution >= 0.6 is 0 Å². The second-order valence-electron chi connectivity index (χ2n) is 14.3. The fourth-order valence-electron chi connectivity index (χ4n) is 5.95. The van der Waals surface area contributed by atoms with Crippen molar-refractivity contribution in [1.82, 2.24) is 0 Å². The van der Waals surface area contributed by atoms with Crippen molar-refractivity contribution in [2.75, 3.05) is 0 Å². The van der Waals surface area contributed by atoms with Crippen molar-refractivity contribution < 1.29 is 49.0 Å². The maximum atomic E-state index is 3.69. The van der Waals surface area contributed by atoms with Crippen LogP contribution in [0.2, 0.25) is 0 Å². The molecule has 0 saturated carbocycles. The number of rotatable bonds is 2. The normalized spacial score (nSPS) is 11.4. The number of aryl methyl sites for hydroxylation is 4. The summed E-state index contributed by atoms with van der Waals surface area (Å²) >= 11 is 1.46. The van der Waals surface area contributed by atoms with Crippen LogP contribution in [0.1, 0.15) is 97.2 Å². The molecule has 0 fully saturated rings. The molecular formula is C43H48Cl2Zr-2. The van der Waals surface area contributed by atoms with Crippen molar-refractivity contribution in [3.63, 3.8) is 0 Å². The fraction of sp³-hybridized carbons (Fsp3) is 0.302. The molecular weight excluding hydrogens is 679 g/mol. The zero-order valence-electron chi connectivity index (χ0n) is 29.2. The van der Waals surface area contributed by atoms with E-state index >= 15 is 0 Å². The van der Waals surface area contributed by atoms with Gasteiger partial charge in [0.25, 0.3) is 0 Å². The van der Waals surface area contributed by atoms with Gasteiger partial charge >= 0.3 is 112 Å². The van der Waals surface area contributed by atoms with E-state index in [0.29, 0.717) is 0 Å². The monoisotopic (exact) mass is 724 g/mol. The van der Waals surface area contributed by atoms with Crippen LogP contribution in [0, 0.1) is 33.8 Å². The van der Waals surface area contributed by atoms with E-state index in [4.69, 9.17) is 0 Å². The van der Waals surface area contributed by atoms with Crippen LogP contribution in [0.3, 0.4) is 0 Å². The first-order chi connectivity index (χ1) is 20.6. The van der Waals surface area contributed by atoms with Crippen LogP contribution in [0.25, 0.3) is 11.1 Å². The molecule has 0 amide bonds. The molecule has 1 aliphatic carbocycles. The van der Waals surface area contributed by atoms with Crippen molar-refractivity contribution >= 4 is 3.21 Å². The third-order valence-electron chi connectivity index (χ3n) is 8.32. The molecule has 0 bridgehead atoms. The second-order valence-corrected chi connectivity index (χ2v) is 15.5. The van der Waals surface area contributed by atoms with Crippen molar-refractivity contribution in [1.29, 1.82) is 0 Å². The van der Waals surface area contributed by atoms with Gasteiger partial charge in [0.15, 0.2) is 0 Å². The Bertz CT molecular complexity index is 1580. The van der Waals surface area contributed by atoms with Crippen molar-refractivity contribution in [3.05, 3.63) is 159 Å².